The molecule has 4 rings (SSSR count). The molecular weight excluding hydrogens is 402 g/mol. The van der Waals surface area contributed by atoms with Crippen LogP contribution < -0.4 is 10.1 Å². The predicted molar refractivity (Wildman–Crippen MR) is 101 cm³/mol. The molecule has 1 fully saturated rings. The second-order valence-corrected chi connectivity index (χ2v) is 7.50. The summed E-state index contributed by atoms with van der Waals surface area (Å²) in [5.74, 6) is -0.225. The molecule has 0 bridgehead atoms. The zero-order valence-electron chi connectivity index (χ0n) is 16.0. The van der Waals surface area contributed by atoms with Crippen LogP contribution in [0, 0.1) is 17.7 Å². The number of furan rings is 1. The van der Waals surface area contributed by atoms with E-state index in [2.05, 4.69) is 5.32 Å². The van der Waals surface area contributed by atoms with Gasteiger partial charge in [-0.25, -0.2) is 4.39 Å². The molecule has 30 heavy (non-hydrogen) atoms. The number of benzene rings is 2. The van der Waals surface area contributed by atoms with Crippen molar-refractivity contribution >= 4 is 16.9 Å². The molecule has 1 amide bonds. The molecule has 0 unspecified atom stereocenters. The highest BCUT2D eigenvalue weighted by Gasteiger charge is 2.44. The van der Waals surface area contributed by atoms with Gasteiger partial charge >= 0.3 is 6.18 Å². The number of nitrogens with one attached hydrogen (secondary N) is 1. The minimum Gasteiger partial charge on any atom is -0.493 e. The van der Waals surface area contributed by atoms with Gasteiger partial charge in [0, 0.05) is 17.2 Å². The van der Waals surface area contributed by atoms with E-state index < -0.39 is 17.8 Å². The molecule has 3 aromatic rings. The summed E-state index contributed by atoms with van der Waals surface area (Å²) in [6.07, 6.45) is -3.83. The van der Waals surface area contributed by atoms with Crippen LogP contribution in [-0.4, -0.2) is 12.5 Å². The maximum Gasteiger partial charge on any atom is 0.416 e. The molecule has 1 aliphatic rings. The van der Waals surface area contributed by atoms with Gasteiger partial charge in [-0.05, 0) is 55.8 Å². The Morgan fingerprint density at radius 1 is 1.23 bits per heavy atom. The summed E-state index contributed by atoms with van der Waals surface area (Å²) in [6, 6.07) is 10.2. The summed E-state index contributed by atoms with van der Waals surface area (Å²) in [4.78, 5) is 12.4. The van der Waals surface area contributed by atoms with Gasteiger partial charge in [0.05, 0.1) is 18.2 Å². The van der Waals surface area contributed by atoms with E-state index in [0.29, 0.717) is 23.2 Å². The molecule has 0 saturated heterocycles. The van der Waals surface area contributed by atoms with Crippen LogP contribution in [0.2, 0.25) is 0 Å². The standard InChI is InChI=1S/C22H19F4NO3/c1-12(20-9-13-7-16(23)5-6-19(13)30-20)27-21(28)18-8-14(18)11-29-17-4-2-3-15(10-17)22(24,25)26/h2-7,9-10,12,14,18H,8,11H2,1H3,(H,27,28)/t12-,14+,18-/m1/s1. The van der Waals surface area contributed by atoms with Gasteiger partial charge in [-0.15, -0.1) is 0 Å². The van der Waals surface area contributed by atoms with Crippen molar-refractivity contribution in [1.82, 2.24) is 5.32 Å². The van der Waals surface area contributed by atoms with Gasteiger partial charge in [-0.3, -0.25) is 4.79 Å². The quantitative estimate of drug-likeness (QED) is 0.536. The summed E-state index contributed by atoms with van der Waals surface area (Å²) < 4.78 is 62.7. The number of hydrogen-bond acceptors (Lipinski definition) is 3. The molecule has 1 aromatic heterocycles. The van der Waals surface area contributed by atoms with Crippen molar-refractivity contribution in [3.63, 3.8) is 0 Å². The third-order valence-corrected chi connectivity index (χ3v) is 5.17. The first kappa shape index (κ1) is 20.3. The van der Waals surface area contributed by atoms with Gasteiger partial charge in [-0.2, -0.15) is 13.2 Å². The minimum absolute atomic E-state index is 0.0588. The number of fused-ring (bicyclic) bond motifs is 1. The van der Waals surface area contributed by atoms with Crippen molar-refractivity contribution in [2.45, 2.75) is 25.6 Å². The van der Waals surface area contributed by atoms with Crippen LogP contribution >= 0.6 is 0 Å². The molecular formula is C22H19F4NO3. The van der Waals surface area contributed by atoms with E-state index in [9.17, 15) is 22.4 Å². The van der Waals surface area contributed by atoms with Crippen molar-refractivity contribution in [2.24, 2.45) is 11.8 Å². The number of carbonyl (C=O) groups is 1. The largest absolute Gasteiger partial charge is 0.493 e. The second-order valence-electron chi connectivity index (χ2n) is 7.50. The second kappa shape index (κ2) is 7.66. The van der Waals surface area contributed by atoms with Crippen LogP contribution in [0.1, 0.15) is 30.7 Å². The SMILES string of the molecule is C[C@@H](NC(=O)[C@@H]1C[C@H]1COc1cccc(C(F)(F)F)c1)c1cc2cc(F)ccc2o1. The third kappa shape index (κ3) is 4.42. The molecule has 1 aliphatic carbocycles. The van der Waals surface area contributed by atoms with Gasteiger partial charge < -0.3 is 14.5 Å². The number of ether oxygens (including phenoxy) is 1. The van der Waals surface area contributed by atoms with Gasteiger partial charge in [0.15, 0.2) is 0 Å². The van der Waals surface area contributed by atoms with E-state index in [0.717, 1.165) is 12.1 Å². The Morgan fingerprint density at radius 2 is 2.03 bits per heavy atom. The van der Waals surface area contributed by atoms with Crippen LogP contribution in [0.15, 0.2) is 52.9 Å². The van der Waals surface area contributed by atoms with Crippen molar-refractivity contribution in [3.05, 3.63) is 65.7 Å². The number of amides is 1. The summed E-state index contributed by atoms with van der Waals surface area (Å²) in [5.41, 5.74) is -0.240. The van der Waals surface area contributed by atoms with Gasteiger partial charge in [0.25, 0.3) is 0 Å². The number of halogens is 4. The zero-order valence-corrected chi connectivity index (χ0v) is 16.0. The fourth-order valence-corrected chi connectivity index (χ4v) is 3.36. The lowest BCUT2D eigenvalue weighted by Gasteiger charge is -2.12. The molecule has 1 N–H and O–H groups in total. The number of alkyl halides is 3. The Balaban J connectivity index is 1.30. The maximum atomic E-state index is 13.3. The Morgan fingerprint density at radius 3 is 2.80 bits per heavy atom. The highest BCUT2D eigenvalue weighted by atomic mass is 19.4. The van der Waals surface area contributed by atoms with E-state index in [4.69, 9.17) is 9.15 Å². The lowest BCUT2D eigenvalue weighted by Crippen LogP contribution is -2.28. The first-order valence-corrected chi connectivity index (χ1v) is 9.50. The summed E-state index contributed by atoms with van der Waals surface area (Å²) in [6.45, 7) is 1.93. The Kier molecular flexibility index (Phi) is 5.17. The molecule has 8 heteroatoms. The monoisotopic (exact) mass is 421 g/mol. The van der Waals surface area contributed by atoms with Crippen LogP contribution in [0.4, 0.5) is 17.6 Å². The van der Waals surface area contributed by atoms with E-state index in [-0.39, 0.29) is 35.9 Å². The molecule has 2 aromatic carbocycles. The lowest BCUT2D eigenvalue weighted by molar-refractivity contribution is -0.137. The van der Waals surface area contributed by atoms with Crippen molar-refractivity contribution in [3.8, 4) is 5.75 Å². The van der Waals surface area contributed by atoms with E-state index in [1.807, 2.05) is 0 Å². The Bertz CT molecular complexity index is 1080. The maximum absolute atomic E-state index is 13.3. The zero-order chi connectivity index (χ0) is 21.5. The van der Waals surface area contributed by atoms with E-state index in [1.54, 1.807) is 13.0 Å². The Hall–Kier alpha value is -3.03. The van der Waals surface area contributed by atoms with Crippen molar-refractivity contribution < 1.29 is 31.5 Å². The number of rotatable bonds is 6. The molecule has 1 saturated carbocycles. The smallest absolute Gasteiger partial charge is 0.416 e. The van der Waals surface area contributed by atoms with Crippen molar-refractivity contribution in [2.75, 3.05) is 6.61 Å². The van der Waals surface area contributed by atoms with Gasteiger partial charge in [0.2, 0.25) is 5.91 Å². The molecule has 0 radical (unpaired) electrons. The predicted octanol–water partition coefficient (Wildman–Crippen LogP) is 5.48. The topological polar surface area (TPSA) is 51.5 Å². The fraction of sp³-hybridized carbons (Fsp3) is 0.318. The van der Waals surface area contributed by atoms with Crippen LogP contribution in [-0.2, 0) is 11.0 Å². The molecule has 4 nitrogen and oxygen atoms in total. The first-order chi connectivity index (χ1) is 14.2. The minimum atomic E-state index is -4.43. The lowest BCUT2D eigenvalue weighted by atomic mass is 10.2. The highest BCUT2D eigenvalue weighted by Crippen LogP contribution is 2.40. The third-order valence-electron chi connectivity index (χ3n) is 5.17. The van der Waals surface area contributed by atoms with Gasteiger partial charge in [0.1, 0.15) is 22.9 Å². The molecule has 158 valence electrons. The van der Waals surface area contributed by atoms with Crippen LogP contribution in [0.25, 0.3) is 11.0 Å². The summed E-state index contributed by atoms with van der Waals surface area (Å²) in [5, 5.41) is 3.48. The van der Waals surface area contributed by atoms with E-state index >= 15 is 0 Å². The molecule has 0 spiro atoms. The van der Waals surface area contributed by atoms with Crippen LogP contribution in [0.5, 0.6) is 5.75 Å². The first-order valence-electron chi connectivity index (χ1n) is 9.50. The normalized spacial score (nSPS) is 19.5. The highest BCUT2D eigenvalue weighted by molar-refractivity contribution is 5.82. The number of hydrogen-bond donors (Lipinski definition) is 1. The fourth-order valence-electron chi connectivity index (χ4n) is 3.36. The summed E-state index contributed by atoms with van der Waals surface area (Å²) >= 11 is 0. The number of carbonyl (C=O) groups excluding carboxylic acids is 1. The summed E-state index contributed by atoms with van der Waals surface area (Å²) in [7, 11) is 0. The average Bonchev–Trinajstić information content (AvgIpc) is 3.35. The van der Waals surface area contributed by atoms with Crippen molar-refractivity contribution in [1.29, 1.82) is 0 Å². The molecule has 1 heterocycles. The molecule has 3 atom stereocenters. The van der Waals surface area contributed by atoms with Crippen LogP contribution in [0.3, 0.4) is 0 Å². The molecule has 0 aliphatic heterocycles. The van der Waals surface area contributed by atoms with Gasteiger partial charge in [-0.1, -0.05) is 6.07 Å². The van der Waals surface area contributed by atoms with E-state index in [1.165, 1.54) is 30.3 Å². The Labute approximate surface area is 169 Å². The average molecular weight is 421 g/mol.